The first-order chi connectivity index (χ1) is 63.3. The quantitative estimate of drug-likeness (QED) is 0.0360. The van der Waals surface area contributed by atoms with Gasteiger partial charge in [0.25, 0.3) is 0 Å². The maximum absolute atomic E-state index is 14.3. The first-order valence-corrected chi connectivity index (χ1v) is 54.0. The molecule has 7 aromatic carbocycles. The molecular weight excluding hydrogens is 2530 g/mol. The van der Waals surface area contributed by atoms with E-state index in [0.717, 1.165) is 225 Å². The molecule has 0 unspecified atom stereocenters. The average Bonchev–Trinajstić information content (AvgIpc) is 0.847. The zero-order valence-corrected chi connectivity index (χ0v) is 102. The van der Waals surface area contributed by atoms with Gasteiger partial charge in [0.05, 0.1) is 82.3 Å². The Hall–Kier alpha value is -3.03. The summed E-state index contributed by atoms with van der Waals surface area (Å²) in [5.41, 5.74) is 17.3. The van der Waals surface area contributed by atoms with E-state index in [-0.39, 0.29) is 31.6 Å². The third-order valence-corrected chi connectivity index (χ3v) is 26.1. The number of hydrogen-bond donors (Lipinski definition) is 0. The summed E-state index contributed by atoms with van der Waals surface area (Å²) in [5.74, 6) is 10.9. The standard InChI is InChI=1S/C15H20Br2O2.C15H20Cl2O2.C14H17Br3O2.C14H17Br2ClO2.C14H17Br2FO2.C14H17BrCl2O2.C14H17Cl3O2/c2*1-5-11-9-13(19-8-7-14(16)17)10(3)12(6-2)15(11)18-4;3*1-4-9-8-11(19-7-6-12(15)16)13(17)10(5-2)14(9)18-3;1-4-9-8-11(19-7-6-12(16)17)13(15)10(5-2)14(9)18-3;1-4-9-8-11(19-7-6-12(15)16)13(17)10(5-2)14(9)18-3/h2*7,9H,5-6,8H2,1-4H3;5*6,8H,4-5,7H2,1-3H3. The van der Waals surface area contributed by atoms with Crippen LogP contribution in [0.15, 0.2) is 121 Å². The summed E-state index contributed by atoms with van der Waals surface area (Å²) < 4.78 is 98.4. The number of methoxy groups -OCH3 is 7. The maximum Gasteiger partial charge on any atom is 0.171 e. The topological polar surface area (TPSA) is 129 Å². The van der Waals surface area contributed by atoms with Crippen LogP contribution in [0.4, 0.5) is 4.39 Å². The lowest BCUT2D eigenvalue weighted by Crippen LogP contribution is -2.04. The van der Waals surface area contributed by atoms with E-state index < -0.39 is 0 Å². The van der Waals surface area contributed by atoms with E-state index in [1.165, 1.54) is 22.3 Å². The van der Waals surface area contributed by atoms with Gasteiger partial charge >= 0.3 is 0 Å². The SMILES string of the molecule is CCc1cc(OCC=C(Br)Br)c(Br)c(CC)c1OC.CCc1cc(OCC=C(Br)Br)c(C)c(CC)c1OC.CCc1cc(OCC=C(Br)Br)c(Cl)c(CC)c1OC.CCc1cc(OCC=C(Br)Br)c(F)c(CC)c1OC.CCc1cc(OCC=C(Cl)Cl)c(Br)c(CC)c1OC.CCc1cc(OCC=C(Cl)Cl)c(C)c(CC)c1OC.CCc1cc(OCC=C(Cl)Cl)c(Cl)c(CC)c1OC. The molecule has 0 atom stereocenters. The average molecular weight is 2650 g/mol. The van der Waals surface area contributed by atoms with Crippen LogP contribution in [-0.2, 0) is 89.9 Å². The van der Waals surface area contributed by atoms with Crippen molar-refractivity contribution in [1.29, 1.82) is 0 Å². The van der Waals surface area contributed by atoms with Crippen LogP contribution >= 0.6 is 252 Å². The molecule has 7 rings (SSSR count). The zero-order chi connectivity index (χ0) is 101. The van der Waals surface area contributed by atoms with E-state index in [2.05, 4.69) is 248 Å². The van der Waals surface area contributed by atoms with Crippen LogP contribution < -0.4 is 66.3 Å². The smallest absolute Gasteiger partial charge is 0.171 e. The fourth-order valence-corrected chi connectivity index (χ4v) is 17.0. The number of benzene rings is 7. The van der Waals surface area contributed by atoms with Crippen LogP contribution in [0.3, 0.4) is 0 Å². The van der Waals surface area contributed by atoms with E-state index in [9.17, 15) is 4.39 Å². The highest BCUT2D eigenvalue weighted by Crippen LogP contribution is 2.45. The highest BCUT2D eigenvalue weighted by molar-refractivity contribution is 9.29. The largest absolute Gasteiger partial charge is 0.496 e. The second-order valence-electron chi connectivity index (χ2n) is 27.7. The summed E-state index contributed by atoms with van der Waals surface area (Å²) in [5, 5.41) is 1.21. The van der Waals surface area contributed by atoms with Crippen molar-refractivity contribution in [3.63, 3.8) is 0 Å². The van der Waals surface area contributed by atoms with Gasteiger partial charge in [0.1, 0.15) is 134 Å². The van der Waals surface area contributed by atoms with Gasteiger partial charge in [-0.1, -0.05) is 190 Å². The predicted octanol–water partition coefficient (Wildman–Crippen LogP) is 36.5. The molecule has 0 spiro atoms. The van der Waals surface area contributed by atoms with E-state index in [4.69, 9.17) is 159 Å². The second-order valence-corrected chi connectivity index (χ2v) is 44.2. The van der Waals surface area contributed by atoms with Crippen molar-refractivity contribution < 1.29 is 70.7 Å². The van der Waals surface area contributed by atoms with Crippen molar-refractivity contribution in [3.05, 3.63) is 226 Å². The Morgan fingerprint density at radius 3 is 0.654 bits per heavy atom. The van der Waals surface area contributed by atoms with Crippen LogP contribution in [0.5, 0.6) is 80.5 Å². The molecule has 0 saturated heterocycles. The zero-order valence-electron chi connectivity index (χ0n) is 79.8. The van der Waals surface area contributed by atoms with Gasteiger partial charge in [0, 0.05) is 38.9 Å². The molecule has 0 aliphatic heterocycles. The summed E-state index contributed by atoms with van der Waals surface area (Å²) in [6.45, 7) is 35.9. The van der Waals surface area contributed by atoms with Crippen LogP contribution in [0.2, 0.25) is 10.0 Å². The lowest BCUT2D eigenvalue weighted by molar-refractivity contribution is 0.334. The van der Waals surface area contributed by atoms with Gasteiger partial charge in [-0.3, -0.25) is 0 Å². The van der Waals surface area contributed by atoms with Gasteiger partial charge in [-0.05, 0) is 398 Å². The molecule has 742 valence electrons. The monoisotopic (exact) mass is 2640 g/mol. The molecule has 0 aliphatic rings. The maximum atomic E-state index is 14.3. The van der Waals surface area contributed by atoms with Crippen molar-refractivity contribution >= 4 is 252 Å². The van der Waals surface area contributed by atoms with E-state index in [1.807, 2.05) is 76.3 Å². The van der Waals surface area contributed by atoms with E-state index in [1.54, 1.807) is 80.1 Å². The predicted molar refractivity (Wildman–Crippen MR) is 599 cm³/mol. The molecule has 0 aromatic heterocycles. The van der Waals surface area contributed by atoms with E-state index >= 15 is 0 Å². The Kier molecular flexibility index (Phi) is 68.7. The van der Waals surface area contributed by atoms with Crippen molar-refractivity contribution in [2.24, 2.45) is 0 Å². The molecule has 0 saturated carbocycles. The number of aryl methyl sites for hydroxylation is 7. The molecule has 7 aromatic rings. The highest BCUT2D eigenvalue weighted by atomic mass is 79.9. The molecule has 0 N–H and O–H groups in total. The minimum atomic E-state index is -0.337. The van der Waals surface area contributed by atoms with Gasteiger partial charge in [0.2, 0.25) is 0 Å². The first kappa shape index (κ1) is 128. The Morgan fingerprint density at radius 2 is 0.436 bits per heavy atom. The number of ether oxygens (including phenoxy) is 14. The minimum absolute atomic E-state index is 0.177. The number of rotatable bonds is 42. The molecule has 0 bridgehead atoms. The fraction of sp³-hybridized carbons (Fsp3) is 0.440. The van der Waals surface area contributed by atoms with Gasteiger partial charge < -0.3 is 66.3 Å². The van der Waals surface area contributed by atoms with Gasteiger partial charge in [-0.2, -0.15) is 0 Å². The Labute approximate surface area is 915 Å². The lowest BCUT2D eigenvalue weighted by Gasteiger charge is -2.18. The second kappa shape index (κ2) is 71.4. The van der Waals surface area contributed by atoms with Gasteiger partial charge in [0.15, 0.2) is 11.6 Å². The first-order valence-electron chi connectivity index (χ1n) is 43.1. The fourth-order valence-electron chi connectivity index (χ4n) is 13.6. The van der Waals surface area contributed by atoms with Crippen LogP contribution in [0.25, 0.3) is 0 Å². The molecule has 0 amide bonds. The Bertz CT molecular complexity index is 4140. The lowest BCUT2D eigenvalue weighted by atomic mass is 9.98. The van der Waals surface area contributed by atoms with Crippen LogP contribution in [0, 0.1) is 19.7 Å². The number of halogens is 19. The molecule has 0 radical (unpaired) electrons. The van der Waals surface area contributed by atoms with Crippen molar-refractivity contribution in [3.8, 4) is 80.5 Å². The van der Waals surface area contributed by atoms with E-state index in [0.29, 0.717) is 78.9 Å². The summed E-state index contributed by atoms with van der Waals surface area (Å²) >= 11 is 79.6. The van der Waals surface area contributed by atoms with Crippen molar-refractivity contribution in [1.82, 2.24) is 0 Å². The third kappa shape index (κ3) is 42.6. The van der Waals surface area contributed by atoms with Crippen LogP contribution in [-0.4, -0.2) is 96.0 Å². The molecule has 14 nitrogen and oxygen atoms in total. The highest BCUT2D eigenvalue weighted by Gasteiger charge is 2.24. The van der Waals surface area contributed by atoms with Gasteiger partial charge in [-0.15, -0.1) is 0 Å². The summed E-state index contributed by atoms with van der Waals surface area (Å²) in [6, 6.07) is 13.7. The van der Waals surface area contributed by atoms with Crippen molar-refractivity contribution in [2.45, 2.75) is 201 Å². The molecule has 0 fully saturated rings. The molecular formula is C100H125Br10Cl8FO14. The molecule has 33 heteroatoms. The summed E-state index contributed by atoms with van der Waals surface area (Å²) in [4.78, 5) is 0. The Morgan fingerprint density at radius 1 is 0.256 bits per heavy atom. The Balaban J connectivity index is 0.000000776. The normalized spacial score (nSPS) is 10.2. The molecule has 0 heterocycles. The van der Waals surface area contributed by atoms with Gasteiger partial charge in [-0.25, -0.2) is 4.39 Å². The van der Waals surface area contributed by atoms with Crippen molar-refractivity contribution in [2.75, 3.05) is 96.0 Å². The minimum Gasteiger partial charge on any atom is -0.496 e. The molecule has 133 heavy (non-hydrogen) atoms. The third-order valence-electron chi connectivity index (χ3n) is 20.1. The summed E-state index contributed by atoms with van der Waals surface area (Å²) in [7, 11) is 11.7. The molecule has 0 aliphatic carbocycles. The summed E-state index contributed by atoms with van der Waals surface area (Å²) in [6.07, 6.45) is 24.2. The number of hydrogen-bond acceptors (Lipinski definition) is 14. The van der Waals surface area contributed by atoms with Crippen LogP contribution in [0.1, 0.15) is 186 Å².